The predicted molar refractivity (Wildman–Crippen MR) is 54.2 cm³/mol. The predicted octanol–water partition coefficient (Wildman–Crippen LogP) is 3.26. The Balaban J connectivity index is -0.000000175. The molecule has 0 aliphatic rings. The van der Waals surface area contributed by atoms with Crippen LogP contribution in [-0.2, 0) is 9.53 Å². The van der Waals surface area contributed by atoms with Gasteiger partial charge >= 0.3 is 5.97 Å². The van der Waals surface area contributed by atoms with Crippen LogP contribution in [0.1, 0.15) is 48.5 Å². The highest BCUT2D eigenvalue weighted by atomic mass is 16.5. The molecule has 0 radical (unpaired) electrons. The van der Waals surface area contributed by atoms with Gasteiger partial charge in [-0.05, 0) is 20.8 Å². The van der Waals surface area contributed by atoms with Gasteiger partial charge in [0.25, 0.3) is 0 Å². The molecular formula is C10H24O2. The quantitative estimate of drug-likeness (QED) is 0.529. The van der Waals surface area contributed by atoms with Gasteiger partial charge in [-0.2, -0.15) is 0 Å². The van der Waals surface area contributed by atoms with Crippen molar-refractivity contribution in [2.75, 3.05) is 7.11 Å². The Hall–Kier alpha value is -0.530. The molecule has 2 heteroatoms. The van der Waals surface area contributed by atoms with Crippen molar-refractivity contribution in [2.45, 2.75) is 48.5 Å². The molecule has 0 aliphatic carbocycles. The zero-order chi connectivity index (χ0) is 10.8. The van der Waals surface area contributed by atoms with Gasteiger partial charge in [0.15, 0.2) is 0 Å². The summed E-state index contributed by atoms with van der Waals surface area (Å²) in [6.45, 7) is 13.5. The maximum Gasteiger partial charge on any atom is 0.310 e. The van der Waals surface area contributed by atoms with Gasteiger partial charge in [0.05, 0.1) is 12.5 Å². The van der Waals surface area contributed by atoms with Crippen molar-refractivity contribution in [3.63, 3.8) is 0 Å². The Morgan fingerprint density at radius 2 is 1.25 bits per heavy atom. The second-order valence-electron chi connectivity index (χ2n) is 2.74. The van der Waals surface area contributed by atoms with Crippen molar-refractivity contribution >= 4 is 5.97 Å². The summed E-state index contributed by atoms with van der Waals surface area (Å²) in [6.07, 6.45) is 0. The lowest BCUT2D eigenvalue weighted by atomic mass is 9.98. The van der Waals surface area contributed by atoms with Crippen LogP contribution < -0.4 is 0 Å². The molecule has 0 fully saturated rings. The van der Waals surface area contributed by atoms with E-state index in [0.29, 0.717) is 0 Å². The number of methoxy groups -OCH3 is 1. The van der Waals surface area contributed by atoms with Crippen molar-refractivity contribution in [1.82, 2.24) is 0 Å². The van der Waals surface area contributed by atoms with Gasteiger partial charge in [-0.15, -0.1) is 0 Å². The summed E-state index contributed by atoms with van der Waals surface area (Å²) in [5, 5.41) is 0. The van der Waals surface area contributed by atoms with Crippen LogP contribution in [0.5, 0.6) is 0 Å². The molecule has 0 rings (SSSR count). The van der Waals surface area contributed by atoms with Crippen LogP contribution in [0.2, 0.25) is 0 Å². The zero-order valence-corrected chi connectivity index (χ0v) is 9.82. The third-order valence-electron chi connectivity index (χ3n) is 0.798. The van der Waals surface area contributed by atoms with Crippen LogP contribution in [0, 0.1) is 5.41 Å². The number of hydrogen-bond donors (Lipinski definition) is 0. The summed E-state index contributed by atoms with van der Waals surface area (Å²) in [5.41, 5.74) is -0.352. The largest absolute Gasteiger partial charge is 0.469 e. The molecule has 0 amide bonds. The molecule has 0 saturated carbocycles. The fourth-order valence-corrected chi connectivity index (χ4v) is 0.306. The third kappa shape index (κ3) is 12.2. The lowest BCUT2D eigenvalue weighted by molar-refractivity contribution is -0.149. The Labute approximate surface area is 77.3 Å². The number of rotatable bonds is 0. The van der Waals surface area contributed by atoms with Crippen molar-refractivity contribution in [3.8, 4) is 0 Å². The number of ether oxygens (including phenoxy) is 1. The first-order valence-corrected chi connectivity index (χ1v) is 4.57. The maximum atomic E-state index is 10.6. The SMILES string of the molecule is CC.CC.COC(=O)C(C)(C)C. The highest BCUT2D eigenvalue weighted by Crippen LogP contribution is 2.13. The van der Waals surface area contributed by atoms with Crippen LogP contribution in [0.3, 0.4) is 0 Å². The molecule has 0 aromatic heterocycles. The lowest BCUT2D eigenvalue weighted by Crippen LogP contribution is -2.21. The van der Waals surface area contributed by atoms with E-state index in [1.807, 2.05) is 48.5 Å². The van der Waals surface area contributed by atoms with Crippen molar-refractivity contribution in [1.29, 1.82) is 0 Å². The van der Waals surface area contributed by atoms with E-state index in [0.717, 1.165) is 0 Å². The highest BCUT2D eigenvalue weighted by Gasteiger charge is 2.21. The summed E-state index contributed by atoms with van der Waals surface area (Å²) in [7, 11) is 1.40. The van der Waals surface area contributed by atoms with Gasteiger partial charge in [0, 0.05) is 0 Å². The Kier molecular flexibility index (Phi) is 15.3. The first-order chi connectivity index (χ1) is 5.48. The van der Waals surface area contributed by atoms with Gasteiger partial charge in [-0.3, -0.25) is 4.79 Å². The molecule has 2 nitrogen and oxygen atoms in total. The molecule has 0 aliphatic heterocycles. The normalized spacial score (nSPS) is 8.33. The van der Waals surface area contributed by atoms with Gasteiger partial charge in [0.1, 0.15) is 0 Å². The summed E-state index contributed by atoms with van der Waals surface area (Å²) >= 11 is 0. The number of carbonyl (C=O) groups excluding carboxylic acids is 1. The number of esters is 1. The lowest BCUT2D eigenvalue weighted by Gasteiger charge is -2.13. The summed E-state index contributed by atoms with van der Waals surface area (Å²) in [6, 6.07) is 0. The number of carbonyl (C=O) groups is 1. The summed E-state index contributed by atoms with van der Waals surface area (Å²) in [5.74, 6) is -0.169. The average molecular weight is 176 g/mol. The molecule has 0 aromatic carbocycles. The second-order valence-corrected chi connectivity index (χ2v) is 2.74. The van der Waals surface area contributed by atoms with Crippen molar-refractivity contribution in [2.24, 2.45) is 5.41 Å². The van der Waals surface area contributed by atoms with E-state index in [2.05, 4.69) is 4.74 Å². The first-order valence-electron chi connectivity index (χ1n) is 4.57. The molecular weight excluding hydrogens is 152 g/mol. The smallest absolute Gasteiger partial charge is 0.310 e. The zero-order valence-electron chi connectivity index (χ0n) is 9.82. The molecule has 0 saturated heterocycles. The Morgan fingerprint density at radius 1 is 1.00 bits per heavy atom. The number of hydrogen-bond acceptors (Lipinski definition) is 2. The second kappa shape index (κ2) is 10.5. The van der Waals surface area contributed by atoms with Gasteiger partial charge in [-0.1, -0.05) is 27.7 Å². The van der Waals surface area contributed by atoms with E-state index in [4.69, 9.17) is 0 Å². The van der Waals surface area contributed by atoms with Crippen LogP contribution in [0.4, 0.5) is 0 Å². The molecule has 76 valence electrons. The van der Waals surface area contributed by atoms with Crippen LogP contribution in [0.15, 0.2) is 0 Å². The molecule has 0 bridgehead atoms. The van der Waals surface area contributed by atoms with Crippen molar-refractivity contribution < 1.29 is 9.53 Å². The topological polar surface area (TPSA) is 26.3 Å². The van der Waals surface area contributed by atoms with E-state index < -0.39 is 0 Å². The molecule has 0 unspecified atom stereocenters. The molecule has 0 aromatic rings. The monoisotopic (exact) mass is 176 g/mol. The minimum absolute atomic E-state index is 0.169. The van der Waals surface area contributed by atoms with E-state index in [1.165, 1.54) is 7.11 Å². The minimum atomic E-state index is -0.352. The maximum absolute atomic E-state index is 10.6. The Bertz CT molecular complexity index is 90.5. The summed E-state index contributed by atoms with van der Waals surface area (Å²) < 4.78 is 4.48. The average Bonchev–Trinajstić information content (AvgIpc) is 2.08. The third-order valence-corrected chi connectivity index (χ3v) is 0.798. The van der Waals surface area contributed by atoms with Crippen molar-refractivity contribution in [3.05, 3.63) is 0 Å². The van der Waals surface area contributed by atoms with Gasteiger partial charge < -0.3 is 4.74 Å². The van der Waals surface area contributed by atoms with Crippen LogP contribution in [-0.4, -0.2) is 13.1 Å². The minimum Gasteiger partial charge on any atom is -0.469 e. The van der Waals surface area contributed by atoms with Gasteiger partial charge in [0.2, 0.25) is 0 Å². The molecule has 12 heavy (non-hydrogen) atoms. The van der Waals surface area contributed by atoms with E-state index in [9.17, 15) is 4.79 Å². The Morgan fingerprint density at radius 3 is 1.25 bits per heavy atom. The fourth-order valence-electron chi connectivity index (χ4n) is 0.306. The van der Waals surface area contributed by atoms with Gasteiger partial charge in [-0.25, -0.2) is 0 Å². The van der Waals surface area contributed by atoms with E-state index in [-0.39, 0.29) is 11.4 Å². The molecule has 0 heterocycles. The fraction of sp³-hybridized carbons (Fsp3) is 0.900. The van der Waals surface area contributed by atoms with E-state index in [1.54, 1.807) is 0 Å². The highest BCUT2D eigenvalue weighted by molar-refractivity contribution is 5.75. The van der Waals surface area contributed by atoms with E-state index >= 15 is 0 Å². The first kappa shape index (κ1) is 17.5. The summed E-state index contributed by atoms with van der Waals surface area (Å²) in [4.78, 5) is 10.6. The van der Waals surface area contributed by atoms with Crippen LogP contribution >= 0.6 is 0 Å². The van der Waals surface area contributed by atoms with Crippen LogP contribution in [0.25, 0.3) is 0 Å². The standard InChI is InChI=1S/C6H12O2.2C2H6/c1-6(2,3)5(7)8-4;2*1-2/h1-4H3;2*1-2H3. The molecule has 0 N–H and O–H groups in total. The molecule has 0 spiro atoms. The molecule has 0 atom stereocenters.